The van der Waals surface area contributed by atoms with Crippen LogP contribution in [0, 0.1) is 0 Å². The third-order valence-corrected chi connectivity index (χ3v) is 3.99. The molecule has 0 fully saturated rings. The van der Waals surface area contributed by atoms with Gasteiger partial charge in [0, 0.05) is 17.8 Å². The van der Waals surface area contributed by atoms with Gasteiger partial charge in [0.25, 0.3) is 5.91 Å². The largest absolute Gasteiger partial charge is 0.484 e. The van der Waals surface area contributed by atoms with Crippen molar-refractivity contribution >= 4 is 23.2 Å². The van der Waals surface area contributed by atoms with Crippen molar-refractivity contribution in [1.82, 2.24) is 0 Å². The summed E-state index contributed by atoms with van der Waals surface area (Å²) >= 11 is 0. The molecule has 24 heavy (non-hydrogen) atoms. The number of carbonyl (C=O) groups is 2. The Morgan fingerprint density at radius 3 is 2.71 bits per heavy atom. The van der Waals surface area contributed by atoms with Gasteiger partial charge in [-0.2, -0.15) is 0 Å². The van der Waals surface area contributed by atoms with Crippen LogP contribution < -0.4 is 15.4 Å². The number of nitrogens with one attached hydrogen (secondary N) is 2. The standard InChI is InChI=1S/C19H20N2O3/c1-2-13-3-6-15(7-4-13)20-19(23)12-24-16-8-9-17-14(11-16)5-10-18(22)21-17/h3-4,6-9,11H,2,5,10,12H2,1H3,(H,20,23)(H,21,22). The number of amides is 2. The van der Waals surface area contributed by atoms with Crippen LogP contribution in [0.4, 0.5) is 11.4 Å². The van der Waals surface area contributed by atoms with Gasteiger partial charge in [-0.25, -0.2) is 0 Å². The molecule has 0 radical (unpaired) electrons. The second-order valence-corrected chi connectivity index (χ2v) is 5.75. The molecule has 0 aliphatic carbocycles. The zero-order valence-electron chi connectivity index (χ0n) is 13.6. The van der Waals surface area contributed by atoms with Crippen molar-refractivity contribution in [2.45, 2.75) is 26.2 Å². The number of aryl methyl sites for hydroxylation is 2. The summed E-state index contributed by atoms with van der Waals surface area (Å²) in [6.45, 7) is 2.03. The fourth-order valence-corrected chi connectivity index (χ4v) is 2.62. The molecule has 0 saturated carbocycles. The Kier molecular flexibility index (Phi) is 4.79. The maximum atomic E-state index is 12.0. The number of anilines is 2. The molecule has 2 aromatic carbocycles. The lowest BCUT2D eigenvalue weighted by Gasteiger charge is -2.17. The highest BCUT2D eigenvalue weighted by molar-refractivity contribution is 5.94. The first-order valence-corrected chi connectivity index (χ1v) is 8.08. The highest BCUT2D eigenvalue weighted by Crippen LogP contribution is 2.26. The summed E-state index contributed by atoms with van der Waals surface area (Å²) in [7, 11) is 0. The van der Waals surface area contributed by atoms with Crippen LogP contribution in [0.15, 0.2) is 42.5 Å². The van der Waals surface area contributed by atoms with Gasteiger partial charge in [0.2, 0.25) is 5.91 Å². The molecular formula is C19H20N2O3. The van der Waals surface area contributed by atoms with Crippen LogP contribution in [-0.2, 0) is 22.4 Å². The third-order valence-electron chi connectivity index (χ3n) is 3.99. The van der Waals surface area contributed by atoms with Gasteiger partial charge >= 0.3 is 0 Å². The first kappa shape index (κ1) is 16.1. The van der Waals surface area contributed by atoms with Gasteiger partial charge in [0.05, 0.1) is 0 Å². The van der Waals surface area contributed by atoms with Crippen LogP contribution in [0.1, 0.15) is 24.5 Å². The number of benzene rings is 2. The van der Waals surface area contributed by atoms with Crippen LogP contribution in [0.25, 0.3) is 0 Å². The molecule has 2 aromatic rings. The Morgan fingerprint density at radius 1 is 1.17 bits per heavy atom. The lowest BCUT2D eigenvalue weighted by molar-refractivity contribution is -0.118. The number of fused-ring (bicyclic) bond motifs is 1. The Morgan fingerprint density at radius 2 is 1.96 bits per heavy atom. The van der Waals surface area contributed by atoms with E-state index in [0.717, 1.165) is 23.4 Å². The van der Waals surface area contributed by atoms with Crippen molar-refractivity contribution < 1.29 is 14.3 Å². The van der Waals surface area contributed by atoms with Crippen molar-refractivity contribution in [3.8, 4) is 5.75 Å². The molecule has 0 saturated heterocycles. The van der Waals surface area contributed by atoms with E-state index in [9.17, 15) is 9.59 Å². The van der Waals surface area contributed by atoms with Crippen LogP contribution in [0.5, 0.6) is 5.75 Å². The summed E-state index contributed by atoms with van der Waals surface area (Å²) in [4.78, 5) is 23.3. The first-order chi connectivity index (χ1) is 11.6. The van der Waals surface area contributed by atoms with E-state index in [1.54, 1.807) is 6.07 Å². The lowest BCUT2D eigenvalue weighted by Crippen LogP contribution is -2.21. The number of hydrogen-bond donors (Lipinski definition) is 2. The van der Waals surface area contributed by atoms with Gasteiger partial charge in [-0.1, -0.05) is 19.1 Å². The van der Waals surface area contributed by atoms with Crippen molar-refractivity contribution in [2.24, 2.45) is 0 Å². The molecule has 1 heterocycles. The number of carbonyl (C=O) groups excluding carboxylic acids is 2. The molecule has 0 aromatic heterocycles. The maximum Gasteiger partial charge on any atom is 0.262 e. The minimum atomic E-state index is -0.203. The van der Waals surface area contributed by atoms with Gasteiger partial charge in [-0.05, 0) is 54.3 Å². The molecule has 1 aliphatic rings. The van der Waals surface area contributed by atoms with E-state index in [2.05, 4.69) is 17.6 Å². The maximum absolute atomic E-state index is 12.0. The van der Waals surface area contributed by atoms with E-state index >= 15 is 0 Å². The Hall–Kier alpha value is -2.82. The summed E-state index contributed by atoms with van der Waals surface area (Å²) in [6.07, 6.45) is 2.13. The molecule has 0 bridgehead atoms. The van der Waals surface area contributed by atoms with Crippen molar-refractivity contribution in [2.75, 3.05) is 17.2 Å². The summed E-state index contributed by atoms with van der Waals surface area (Å²) in [6, 6.07) is 13.2. The molecule has 0 atom stereocenters. The smallest absolute Gasteiger partial charge is 0.262 e. The SMILES string of the molecule is CCc1ccc(NC(=O)COc2ccc3c(c2)CCC(=O)N3)cc1. The second-order valence-electron chi connectivity index (χ2n) is 5.75. The fraction of sp³-hybridized carbons (Fsp3) is 0.263. The van der Waals surface area contributed by atoms with Gasteiger partial charge in [0.1, 0.15) is 5.75 Å². The predicted molar refractivity (Wildman–Crippen MR) is 93.3 cm³/mol. The van der Waals surface area contributed by atoms with Crippen molar-refractivity contribution in [3.63, 3.8) is 0 Å². The predicted octanol–water partition coefficient (Wildman–Crippen LogP) is 3.15. The minimum absolute atomic E-state index is 0.0321. The minimum Gasteiger partial charge on any atom is -0.484 e. The molecule has 2 N–H and O–H groups in total. The molecule has 124 valence electrons. The second kappa shape index (κ2) is 7.17. The van der Waals surface area contributed by atoms with Crippen molar-refractivity contribution in [1.29, 1.82) is 0 Å². The van der Waals surface area contributed by atoms with E-state index in [0.29, 0.717) is 18.6 Å². The summed E-state index contributed by atoms with van der Waals surface area (Å²) < 4.78 is 5.55. The molecular weight excluding hydrogens is 304 g/mol. The van der Waals surface area contributed by atoms with Crippen LogP contribution in [0.3, 0.4) is 0 Å². The van der Waals surface area contributed by atoms with E-state index < -0.39 is 0 Å². The van der Waals surface area contributed by atoms with Crippen LogP contribution in [-0.4, -0.2) is 18.4 Å². The summed E-state index contributed by atoms with van der Waals surface area (Å²) in [5.41, 5.74) is 3.83. The summed E-state index contributed by atoms with van der Waals surface area (Å²) in [5, 5.41) is 5.63. The Bertz CT molecular complexity index is 754. The lowest BCUT2D eigenvalue weighted by atomic mass is 10.0. The van der Waals surface area contributed by atoms with Crippen molar-refractivity contribution in [3.05, 3.63) is 53.6 Å². The average molecular weight is 324 g/mol. The first-order valence-electron chi connectivity index (χ1n) is 8.08. The van der Waals surface area contributed by atoms with Gasteiger partial charge in [-0.3, -0.25) is 9.59 Å². The molecule has 2 amide bonds. The Balaban J connectivity index is 1.55. The Labute approximate surface area is 141 Å². The molecule has 0 unspecified atom stereocenters. The monoisotopic (exact) mass is 324 g/mol. The number of ether oxygens (including phenoxy) is 1. The summed E-state index contributed by atoms with van der Waals surface area (Å²) in [5.74, 6) is 0.455. The molecule has 5 nitrogen and oxygen atoms in total. The zero-order valence-corrected chi connectivity index (χ0v) is 13.6. The quantitative estimate of drug-likeness (QED) is 0.888. The van der Waals surface area contributed by atoms with Gasteiger partial charge in [-0.15, -0.1) is 0 Å². The van der Waals surface area contributed by atoms with E-state index in [4.69, 9.17) is 4.74 Å². The highest BCUT2D eigenvalue weighted by atomic mass is 16.5. The average Bonchev–Trinajstić information content (AvgIpc) is 2.60. The normalized spacial score (nSPS) is 13.0. The highest BCUT2D eigenvalue weighted by Gasteiger charge is 2.15. The fourth-order valence-electron chi connectivity index (χ4n) is 2.62. The van der Waals surface area contributed by atoms with E-state index in [-0.39, 0.29) is 18.4 Å². The topological polar surface area (TPSA) is 67.4 Å². The van der Waals surface area contributed by atoms with Gasteiger partial charge in [0.15, 0.2) is 6.61 Å². The molecule has 1 aliphatic heterocycles. The number of hydrogen-bond acceptors (Lipinski definition) is 3. The zero-order chi connectivity index (χ0) is 16.9. The van der Waals surface area contributed by atoms with E-state index in [1.165, 1.54) is 5.56 Å². The third kappa shape index (κ3) is 3.93. The number of rotatable bonds is 5. The molecule has 5 heteroatoms. The molecule has 3 rings (SSSR count). The van der Waals surface area contributed by atoms with Crippen LogP contribution >= 0.6 is 0 Å². The van der Waals surface area contributed by atoms with Gasteiger partial charge < -0.3 is 15.4 Å². The molecule has 0 spiro atoms. The van der Waals surface area contributed by atoms with Crippen LogP contribution in [0.2, 0.25) is 0 Å². The van der Waals surface area contributed by atoms with E-state index in [1.807, 2.05) is 36.4 Å².